The first-order chi connectivity index (χ1) is 12.8. The molecule has 0 saturated heterocycles. The highest BCUT2D eigenvalue weighted by molar-refractivity contribution is 8.00. The number of anilines is 1. The van der Waals surface area contributed by atoms with Crippen molar-refractivity contribution in [1.82, 2.24) is 14.8 Å². The van der Waals surface area contributed by atoms with Crippen LogP contribution < -0.4 is 10.5 Å². The number of thioether (sulfide) groups is 1. The van der Waals surface area contributed by atoms with Crippen molar-refractivity contribution in [3.63, 3.8) is 0 Å². The second kappa shape index (κ2) is 7.80. The van der Waals surface area contributed by atoms with Crippen molar-refractivity contribution < 1.29 is 13.2 Å². The molecule has 3 rings (SSSR count). The van der Waals surface area contributed by atoms with Crippen LogP contribution in [0.25, 0.3) is 10.7 Å². The zero-order chi connectivity index (χ0) is 19.6. The van der Waals surface area contributed by atoms with Gasteiger partial charge in [-0.2, -0.15) is 0 Å². The molecule has 0 bridgehead atoms. The van der Waals surface area contributed by atoms with E-state index in [1.807, 2.05) is 29.1 Å². The number of carbonyl (C=O) groups is 1. The number of nitrogens with two attached hydrogens (primary N) is 1. The van der Waals surface area contributed by atoms with Crippen molar-refractivity contribution in [3.05, 3.63) is 41.8 Å². The van der Waals surface area contributed by atoms with Crippen LogP contribution in [0.5, 0.6) is 0 Å². The van der Waals surface area contributed by atoms with Gasteiger partial charge in [-0.15, -0.1) is 21.5 Å². The number of aromatic nitrogens is 3. The van der Waals surface area contributed by atoms with Crippen molar-refractivity contribution in [2.75, 3.05) is 5.32 Å². The van der Waals surface area contributed by atoms with Crippen LogP contribution in [0.3, 0.4) is 0 Å². The maximum atomic E-state index is 12.4. The van der Waals surface area contributed by atoms with E-state index in [2.05, 4.69) is 15.5 Å². The van der Waals surface area contributed by atoms with Crippen molar-refractivity contribution in [2.24, 2.45) is 12.2 Å². The Labute approximate surface area is 164 Å². The average Bonchev–Trinajstić information content (AvgIpc) is 3.25. The first-order valence-electron chi connectivity index (χ1n) is 7.79. The summed E-state index contributed by atoms with van der Waals surface area (Å²) in [6.45, 7) is 1.76. The zero-order valence-corrected chi connectivity index (χ0v) is 16.9. The molecular formula is C16H17N5O3S3. The Morgan fingerprint density at radius 3 is 2.56 bits per heavy atom. The lowest BCUT2D eigenvalue weighted by atomic mass is 10.3. The third-order valence-electron chi connectivity index (χ3n) is 3.68. The van der Waals surface area contributed by atoms with E-state index in [0.29, 0.717) is 10.8 Å². The first-order valence-corrected chi connectivity index (χ1v) is 11.1. The van der Waals surface area contributed by atoms with E-state index in [-0.39, 0.29) is 10.8 Å². The molecule has 2 aromatic heterocycles. The minimum Gasteiger partial charge on any atom is -0.325 e. The van der Waals surface area contributed by atoms with Crippen LogP contribution >= 0.6 is 23.1 Å². The molecule has 1 atom stereocenters. The highest BCUT2D eigenvalue weighted by Gasteiger charge is 2.20. The number of carbonyl (C=O) groups excluding carboxylic acids is 1. The smallest absolute Gasteiger partial charge is 0.238 e. The molecule has 0 saturated carbocycles. The van der Waals surface area contributed by atoms with Gasteiger partial charge in [0.25, 0.3) is 0 Å². The van der Waals surface area contributed by atoms with Gasteiger partial charge in [-0.05, 0) is 42.6 Å². The molecule has 2 heterocycles. The largest absolute Gasteiger partial charge is 0.325 e. The molecule has 8 nitrogen and oxygen atoms in total. The predicted molar refractivity (Wildman–Crippen MR) is 106 cm³/mol. The molecule has 1 aromatic carbocycles. The average molecular weight is 424 g/mol. The zero-order valence-electron chi connectivity index (χ0n) is 14.5. The van der Waals surface area contributed by atoms with Gasteiger partial charge in [0, 0.05) is 12.7 Å². The van der Waals surface area contributed by atoms with Crippen LogP contribution in [0.4, 0.5) is 5.69 Å². The summed E-state index contributed by atoms with van der Waals surface area (Å²) in [5.41, 5.74) is 0.483. The van der Waals surface area contributed by atoms with Gasteiger partial charge in [0.05, 0.1) is 15.0 Å². The summed E-state index contributed by atoms with van der Waals surface area (Å²) in [4.78, 5) is 13.4. The van der Waals surface area contributed by atoms with E-state index >= 15 is 0 Å². The van der Waals surface area contributed by atoms with E-state index in [0.717, 1.165) is 10.7 Å². The molecule has 0 aliphatic rings. The Bertz CT molecular complexity index is 1040. The van der Waals surface area contributed by atoms with Crippen molar-refractivity contribution in [3.8, 4) is 10.7 Å². The van der Waals surface area contributed by atoms with Gasteiger partial charge in [0.1, 0.15) is 0 Å². The Morgan fingerprint density at radius 2 is 1.96 bits per heavy atom. The molecule has 0 unspecified atom stereocenters. The second-order valence-electron chi connectivity index (χ2n) is 5.66. The van der Waals surface area contributed by atoms with Crippen molar-refractivity contribution >= 4 is 44.7 Å². The number of amides is 1. The maximum Gasteiger partial charge on any atom is 0.238 e. The predicted octanol–water partition coefficient (Wildman–Crippen LogP) is 2.31. The van der Waals surface area contributed by atoms with Gasteiger partial charge in [-0.25, -0.2) is 13.6 Å². The topological polar surface area (TPSA) is 120 Å². The van der Waals surface area contributed by atoms with E-state index in [4.69, 9.17) is 5.14 Å². The molecule has 0 aliphatic heterocycles. The lowest BCUT2D eigenvalue weighted by molar-refractivity contribution is -0.115. The number of hydrogen-bond acceptors (Lipinski definition) is 7. The summed E-state index contributed by atoms with van der Waals surface area (Å²) < 4.78 is 24.4. The monoisotopic (exact) mass is 423 g/mol. The van der Waals surface area contributed by atoms with Crippen molar-refractivity contribution in [2.45, 2.75) is 22.2 Å². The summed E-state index contributed by atoms with van der Waals surface area (Å²) in [6.07, 6.45) is 0. The van der Waals surface area contributed by atoms with E-state index in [1.54, 1.807) is 18.3 Å². The maximum absolute atomic E-state index is 12.4. The Morgan fingerprint density at radius 1 is 1.26 bits per heavy atom. The number of thiophene rings is 1. The van der Waals surface area contributed by atoms with Crippen LogP contribution in [0, 0.1) is 0 Å². The van der Waals surface area contributed by atoms with Gasteiger partial charge < -0.3 is 9.88 Å². The Balaban J connectivity index is 1.66. The lowest BCUT2D eigenvalue weighted by Crippen LogP contribution is -2.23. The summed E-state index contributed by atoms with van der Waals surface area (Å²) in [5, 5.41) is 18.3. The molecule has 27 heavy (non-hydrogen) atoms. The van der Waals surface area contributed by atoms with Crippen LogP contribution in [-0.4, -0.2) is 34.3 Å². The fraction of sp³-hybridized carbons (Fsp3) is 0.188. The van der Waals surface area contributed by atoms with Crippen LogP contribution in [0.2, 0.25) is 0 Å². The molecular weight excluding hydrogens is 406 g/mol. The fourth-order valence-corrected chi connectivity index (χ4v) is 4.30. The Kier molecular flexibility index (Phi) is 5.65. The molecule has 3 N–H and O–H groups in total. The molecule has 0 fully saturated rings. The quantitative estimate of drug-likeness (QED) is 0.587. The Hall–Kier alpha value is -2.21. The van der Waals surface area contributed by atoms with E-state index in [9.17, 15) is 13.2 Å². The number of rotatable bonds is 6. The second-order valence-corrected chi connectivity index (χ2v) is 9.48. The van der Waals surface area contributed by atoms with Gasteiger partial charge in [-0.1, -0.05) is 17.8 Å². The minimum absolute atomic E-state index is 0.0110. The number of nitrogens with one attached hydrogen (secondary N) is 1. The molecule has 11 heteroatoms. The fourth-order valence-electron chi connectivity index (χ4n) is 2.22. The molecule has 3 aromatic rings. The van der Waals surface area contributed by atoms with Gasteiger partial charge >= 0.3 is 0 Å². The number of benzene rings is 1. The highest BCUT2D eigenvalue weighted by atomic mass is 32.2. The van der Waals surface area contributed by atoms with Gasteiger partial charge in [0.15, 0.2) is 11.0 Å². The number of hydrogen-bond donors (Lipinski definition) is 2. The number of sulfonamides is 1. The summed E-state index contributed by atoms with van der Waals surface area (Å²) in [7, 11) is -1.91. The molecule has 0 radical (unpaired) electrons. The van der Waals surface area contributed by atoms with Crippen LogP contribution in [0.1, 0.15) is 6.92 Å². The van der Waals surface area contributed by atoms with Crippen molar-refractivity contribution in [1.29, 1.82) is 0 Å². The molecule has 142 valence electrons. The third kappa shape index (κ3) is 4.56. The summed E-state index contributed by atoms with van der Waals surface area (Å²) in [6, 6.07) is 9.58. The van der Waals surface area contributed by atoms with E-state index in [1.165, 1.54) is 36.0 Å². The minimum atomic E-state index is -3.76. The lowest BCUT2D eigenvalue weighted by Gasteiger charge is -2.12. The normalized spacial score (nSPS) is 12.7. The van der Waals surface area contributed by atoms with Crippen LogP contribution in [-0.2, 0) is 21.9 Å². The third-order valence-corrected chi connectivity index (χ3v) is 6.61. The molecule has 1 amide bonds. The first kappa shape index (κ1) is 19.5. The van der Waals surface area contributed by atoms with Gasteiger partial charge in [0.2, 0.25) is 15.9 Å². The van der Waals surface area contributed by atoms with E-state index < -0.39 is 15.3 Å². The summed E-state index contributed by atoms with van der Waals surface area (Å²) in [5.74, 6) is 0.516. The molecule has 0 spiro atoms. The number of nitrogens with zero attached hydrogens (tertiary/aromatic N) is 3. The SMILES string of the molecule is C[C@@H](Sc1nnc(-c2cccs2)n1C)C(=O)Nc1ccc(S(N)(=O)=O)cc1. The number of primary sulfonamides is 1. The highest BCUT2D eigenvalue weighted by Crippen LogP contribution is 2.28. The van der Waals surface area contributed by atoms with Crippen LogP contribution in [0.15, 0.2) is 51.8 Å². The standard InChI is InChI=1S/C16H17N5O3S3/c1-10(15(22)18-11-5-7-12(8-6-11)27(17,23)24)26-16-20-19-14(21(16)2)13-4-3-9-25-13/h3-10H,1-2H3,(H,18,22)(H2,17,23,24)/t10-/m1/s1. The summed E-state index contributed by atoms with van der Waals surface area (Å²) >= 11 is 2.86. The van der Waals surface area contributed by atoms with Gasteiger partial charge in [-0.3, -0.25) is 4.79 Å². The molecule has 0 aliphatic carbocycles.